The van der Waals surface area contributed by atoms with Crippen LogP contribution in [0, 0.1) is 34.0 Å². The van der Waals surface area contributed by atoms with E-state index in [0.717, 1.165) is 25.7 Å². The number of halogens is 1. The van der Waals surface area contributed by atoms with Gasteiger partial charge in [-0.2, -0.15) is 0 Å². The quantitative estimate of drug-likeness (QED) is 0.309. The first-order chi connectivity index (χ1) is 12.2. The topological polar surface area (TPSA) is 34.1 Å². The monoisotopic (exact) mass is 464 g/mol. The Labute approximate surface area is 170 Å². The molecule has 0 heterocycles. The van der Waals surface area contributed by atoms with Gasteiger partial charge < -0.3 is 0 Å². The van der Waals surface area contributed by atoms with Crippen molar-refractivity contribution in [3.05, 3.63) is 35.5 Å². The summed E-state index contributed by atoms with van der Waals surface area (Å²) in [7, 11) is 0. The minimum atomic E-state index is -0.226. The Morgan fingerprint density at radius 2 is 2.04 bits per heavy atom. The highest BCUT2D eigenvalue weighted by Gasteiger charge is 2.64. The van der Waals surface area contributed by atoms with Crippen molar-refractivity contribution in [2.24, 2.45) is 34.0 Å². The van der Waals surface area contributed by atoms with Gasteiger partial charge in [0, 0.05) is 10.8 Å². The average Bonchev–Trinajstić information content (AvgIpc) is 2.83. The van der Waals surface area contributed by atoms with Gasteiger partial charge in [0.15, 0.2) is 5.78 Å². The number of carbonyl (C=O) groups excluding carboxylic acids is 2. The van der Waals surface area contributed by atoms with Gasteiger partial charge in [0.25, 0.3) is 0 Å². The molecule has 4 aliphatic carbocycles. The first-order valence-electron chi connectivity index (χ1n) is 9.92. The lowest BCUT2D eigenvalue weighted by molar-refractivity contribution is -0.134. The zero-order valence-electron chi connectivity index (χ0n) is 16.3. The zero-order chi connectivity index (χ0) is 18.9. The standard InChI is InChI=1S/C23H29IO2/c1-14-11-19-17-6-5-15-12-16(25)7-9-21(15,2)18(17)8-10-22(19,3)23(14,4)20(26)13-24/h7-9,12,14,17,19H,5-6,10-11,13H2,1-4H3/t14-,17-,19+,21+,22+,23-/m1/s1. The lowest BCUT2D eigenvalue weighted by Crippen LogP contribution is -2.50. The molecule has 0 aromatic heterocycles. The molecule has 0 N–H and O–H groups in total. The normalized spacial score (nSPS) is 46.8. The van der Waals surface area contributed by atoms with Gasteiger partial charge in [-0.15, -0.1) is 0 Å². The summed E-state index contributed by atoms with van der Waals surface area (Å²) >= 11 is 2.25. The summed E-state index contributed by atoms with van der Waals surface area (Å²) < 4.78 is 0.609. The van der Waals surface area contributed by atoms with Crippen LogP contribution in [0.4, 0.5) is 0 Å². The van der Waals surface area contributed by atoms with Gasteiger partial charge in [-0.1, -0.05) is 66.7 Å². The largest absolute Gasteiger partial charge is 0.298 e. The minimum Gasteiger partial charge on any atom is -0.298 e. The van der Waals surface area contributed by atoms with Crippen LogP contribution in [0.5, 0.6) is 0 Å². The third-order valence-corrected chi connectivity index (χ3v) is 9.51. The van der Waals surface area contributed by atoms with E-state index in [2.05, 4.69) is 62.4 Å². The summed E-state index contributed by atoms with van der Waals surface area (Å²) in [5.74, 6) is 2.10. The highest BCUT2D eigenvalue weighted by atomic mass is 127. The molecule has 0 saturated heterocycles. The molecule has 2 saturated carbocycles. The SMILES string of the molecule is C[C@@H]1C[C@H]2[C@@H]3CCC4=CC(=O)C=C[C@]4(C)C3=CC[C@]2(C)[C@@]1(C)C(=O)CI. The Bertz CT molecular complexity index is 775. The van der Waals surface area contributed by atoms with Crippen LogP contribution in [-0.2, 0) is 9.59 Å². The molecule has 26 heavy (non-hydrogen) atoms. The summed E-state index contributed by atoms with van der Waals surface area (Å²) in [5, 5.41) is 0. The van der Waals surface area contributed by atoms with Crippen molar-refractivity contribution in [2.75, 3.05) is 4.43 Å². The number of alkyl halides is 1. The summed E-state index contributed by atoms with van der Waals surface area (Å²) in [5.41, 5.74) is 2.53. The van der Waals surface area contributed by atoms with E-state index in [1.54, 1.807) is 6.08 Å². The molecule has 0 radical (unpaired) electrons. The molecule has 0 aliphatic heterocycles. The number of hydrogen-bond acceptors (Lipinski definition) is 2. The van der Waals surface area contributed by atoms with Gasteiger partial charge in [-0.3, -0.25) is 9.59 Å². The molecule has 4 aliphatic rings. The van der Waals surface area contributed by atoms with E-state index in [4.69, 9.17) is 0 Å². The molecule has 0 aromatic rings. The maximum atomic E-state index is 13.0. The molecular formula is C23H29IO2. The molecule has 4 rings (SSSR count). The number of hydrogen-bond donors (Lipinski definition) is 0. The van der Waals surface area contributed by atoms with Crippen LogP contribution in [-0.4, -0.2) is 16.0 Å². The summed E-state index contributed by atoms with van der Waals surface area (Å²) in [6.45, 7) is 9.21. The number of rotatable bonds is 2. The van der Waals surface area contributed by atoms with E-state index in [1.807, 2.05) is 6.08 Å². The van der Waals surface area contributed by atoms with Crippen molar-refractivity contribution in [3.8, 4) is 0 Å². The van der Waals surface area contributed by atoms with Crippen LogP contribution >= 0.6 is 22.6 Å². The van der Waals surface area contributed by atoms with E-state index in [-0.39, 0.29) is 22.0 Å². The van der Waals surface area contributed by atoms with E-state index in [0.29, 0.717) is 28.0 Å². The van der Waals surface area contributed by atoms with Crippen LogP contribution in [0.2, 0.25) is 0 Å². The van der Waals surface area contributed by atoms with Crippen LogP contribution in [0.1, 0.15) is 53.4 Å². The molecule has 140 valence electrons. The van der Waals surface area contributed by atoms with Gasteiger partial charge in [0.2, 0.25) is 0 Å². The number of Topliss-reactive ketones (excluding diaryl/α,β-unsaturated/α-hetero) is 1. The van der Waals surface area contributed by atoms with Crippen LogP contribution in [0.25, 0.3) is 0 Å². The maximum absolute atomic E-state index is 13.0. The van der Waals surface area contributed by atoms with E-state index < -0.39 is 0 Å². The van der Waals surface area contributed by atoms with Crippen molar-refractivity contribution in [2.45, 2.75) is 53.4 Å². The maximum Gasteiger partial charge on any atom is 0.178 e. The summed E-state index contributed by atoms with van der Waals surface area (Å²) in [6, 6.07) is 0. The Kier molecular flexibility index (Phi) is 4.22. The van der Waals surface area contributed by atoms with E-state index >= 15 is 0 Å². The molecule has 2 fully saturated rings. The number of ketones is 2. The predicted molar refractivity (Wildman–Crippen MR) is 113 cm³/mol. The fraction of sp³-hybridized carbons (Fsp3) is 0.652. The van der Waals surface area contributed by atoms with Crippen molar-refractivity contribution in [1.29, 1.82) is 0 Å². The molecule has 0 aromatic carbocycles. The highest BCUT2D eigenvalue weighted by Crippen LogP contribution is 2.69. The van der Waals surface area contributed by atoms with Crippen molar-refractivity contribution < 1.29 is 9.59 Å². The Hall–Kier alpha value is -0.710. The number of carbonyl (C=O) groups is 2. The molecule has 0 unspecified atom stereocenters. The molecule has 6 atom stereocenters. The van der Waals surface area contributed by atoms with Crippen LogP contribution in [0.15, 0.2) is 35.5 Å². The molecule has 2 nitrogen and oxygen atoms in total. The van der Waals surface area contributed by atoms with Gasteiger partial charge in [-0.05, 0) is 67.9 Å². The number of allylic oxidation sites excluding steroid dienone is 6. The van der Waals surface area contributed by atoms with Gasteiger partial charge in [0.1, 0.15) is 5.78 Å². The van der Waals surface area contributed by atoms with Crippen molar-refractivity contribution in [1.82, 2.24) is 0 Å². The van der Waals surface area contributed by atoms with E-state index in [9.17, 15) is 9.59 Å². The first kappa shape index (κ1) is 18.6. The Morgan fingerprint density at radius 3 is 2.73 bits per heavy atom. The average molecular weight is 464 g/mol. The zero-order valence-corrected chi connectivity index (χ0v) is 18.4. The third kappa shape index (κ3) is 2.15. The first-order valence-corrected chi connectivity index (χ1v) is 11.4. The smallest absolute Gasteiger partial charge is 0.178 e. The Morgan fingerprint density at radius 1 is 1.31 bits per heavy atom. The second-order valence-electron chi connectivity index (χ2n) is 9.54. The van der Waals surface area contributed by atoms with Crippen LogP contribution < -0.4 is 0 Å². The van der Waals surface area contributed by atoms with Gasteiger partial charge >= 0.3 is 0 Å². The molecule has 0 spiro atoms. The second kappa shape index (κ2) is 5.89. The number of fused-ring (bicyclic) bond motifs is 5. The Balaban J connectivity index is 1.79. The molecular weight excluding hydrogens is 435 g/mol. The molecule has 0 bridgehead atoms. The van der Waals surface area contributed by atoms with E-state index in [1.165, 1.54) is 11.1 Å². The summed E-state index contributed by atoms with van der Waals surface area (Å²) in [4.78, 5) is 24.9. The van der Waals surface area contributed by atoms with Gasteiger partial charge in [0.05, 0.1) is 4.43 Å². The fourth-order valence-electron chi connectivity index (χ4n) is 6.82. The predicted octanol–water partition coefficient (Wildman–Crippen LogP) is 5.47. The molecule has 3 heteroatoms. The minimum absolute atomic E-state index is 0.0502. The van der Waals surface area contributed by atoms with Crippen LogP contribution in [0.3, 0.4) is 0 Å². The fourth-order valence-corrected chi connectivity index (χ4v) is 7.61. The van der Waals surface area contributed by atoms with Crippen molar-refractivity contribution in [3.63, 3.8) is 0 Å². The van der Waals surface area contributed by atoms with Gasteiger partial charge in [-0.25, -0.2) is 0 Å². The van der Waals surface area contributed by atoms with Crippen molar-refractivity contribution >= 4 is 34.2 Å². The lowest BCUT2D eigenvalue weighted by Gasteiger charge is -2.54. The third-order valence-electron chi connectivity index (χ3n) is 8.82. The lowest BCUT2D eigenvalue weighted by atomic mass is 9.49. The summed E-state index contributed by atoms with van der Waals surface area (Å²) in [6.07, 6.45) is 12.5. The highest BCUT2D eigenvalue weighted by molar-refractivity contribution is 14.1. The second-order valence-corrected chi connectivity index (χ2v) is 10.3. The molecule has 0 amide bonds.